The average Bonchev–Trinajstić information content (AvgIpc) is 2.63. The maximum atomic E-state index is 12.7. The minimum atomic E-state index is -0.578. The van der Waals surface area contributed by atoms with Crippen molar-refractivity contribution in [1.82, 2.24) is 5.32 Å². The van der Waals surface area contributed by atoms with Crippen molar-refractivity contribution in [3.8, 4) is 11.5 Å². The first-order valence-corrected chi connectivity index (χ1v) is 9.86. The Balaban J connectivity index is 2.15. The fourth-order valence-electron chi connectivity index (χ4n) is 3.30. The normalized spacial score (nSPS) is 13.2. The molecule has 4 heteroatoms. The van der Waals surface area contributed by atoms with Crippen LogP contribution in [0.1, 0.15) is 67.5 Å². The molecule has 0 bridgehead atoms. The number of aryl methyl sites for hydroxylation is 3. The van der Waals surface area contributed by atoms with Gasteiger partial charge in [-0.25, -0.2) is 0 Å². The van der Waals surface area contributed by atoms with Crippen LogP contribution >= 0.6 is 0 Å². The van der Waals surface area contributed by atoms with Crippen LogP contribution in [0.3, 0.4) is 0 Å². The summed E-state index contributed by atoms with van der Waals surface area (Å²) in [6.45, 7) is 14.1. The van der Waals surface area contributed by atoms with E-state index in [1.807, 2.05) is 52.0 Å². The number of rotatable bonds is 7. The lowest BCUT2D eigenvalue weighted by atomic mass is 9.93. The lowest BCUT2D eigenvalue weighted by Gasteiger charge is -2.23. The highest BCUT2D eigenvalue weighted by Gasteiger charge is 2.21. The summed E-state index contributed by atoms with van der Waals surface area (Å²) in [6.07, 6.45) is -0.578. The summed E-state index contributed by atoms with van der Waals surface area (Å²) in [5.74, 6) is 1.85. The second kappa shape index (κ2) is 9.13. The summed E-state index contributed by atoms with van der Waals surface area (Å²) < 4.78 is 11.4. The van der Waals surface area contributed by atoms with Gasteiger partial charge in [0.05, 0.1) is 13.2 Å². The van der Waals surface area contributed by atoms with E-state index in [2.05, 4.69) is 25.2 Å². The second-order valence-electron chi connectivity index (χ2n) is 7.86. The van der Waals surface area contributed by atoms with Crippen molar-refractivity contribution in [1.29, 1.82) is 0 Å². The van der Waals surface area contributed by atoms with Gasteiger partial charge in [0, 0.05) is 0 Å². The van der Waals surface area contributed by atoms with E-state index in [4.69, 9.17) is 9.47 Å². The topological polar surface area (TPSA) is 47.6 Å². The quantitative estimate of drug-likeness (QED) is 0.697. The van der Waals surface area contributed by atoms with Crippen LogP contribution in [0.15, 0.2) is 30.3 Å². The number of amides is 1. The number of nitrogens with one attached hydrogen (secondary N) is 1. The number of methoxy groups -OCH3 is 1. The van der Waals surface area contributed by atoms with Gasteiger partial charge in [0.1, 0.15) is 11.5 Å². The van der Waals surface area contributed by atoms with E-state index in [-0.39, 0.29) is 11.9 Å². The van der Waals surface area contributed by atoms with Gasteiger partial charge in [0.2, 0.25) is 0 Å². The molecular weight excluding hydrogens is 350 g/mol. The van der Waals surface area contributed by atoms with Crippen molar-refractivity contribution in [3.63, 3.8) is 0 Å². The van der Waals surface area contributed by atoms with E-state index < -0.39 is 6.10 Å². The van der Waals surface area contributed by atoms with E-state index in [0.29, 0.717) is 5.92 Å². The number of carbonyl (C=O) groups excluding carboxylic acids is 1. The van der Waals surface area contributed by atoms with Crippen LogP contribution in [-0.4, -0.2) is 19.1 Å². The Bertz CT molecular complexity index is 842. The summed E-state index contributed by atoms with van der Waals surface area (Å²) in [7, 11) is 1.69. The SMILES string of the molecule is COc1cc(C)c(C(C)NC(=O)C(C)Oc2cc(C)ccc2C)cc1C(C)C. The first-order chi connectivity index (χ1) is 13.1. The predicted molar refractivity (Wildman–Crippen MR) is 114 cm³/mol. The van der Waals surface area contributed by atoms with Crippen molar-refractivity contribution in [2.24, 2.45) is 0 Å². The van der Waals surface area contributed by atoms with Gasteiger partial charge in [-0.3, -0.25) is 4.79 Å². The van der Waals surface area contributed by atoms with Crippen molar-refractivity contribution in [3.05, 3.63) is 58.1 Å². The van der Waals surface area contributed by atoms with Crippen LogP contribution in [0.4, 0.5) is 0 Å². The molecule has 1 N–H and O–H groups in total. The standard InChI is InChI=1S/C24H33NO3/c1-14(2)20-13-21(17(5)12-23(20)27-8)18(6)25-24(26)19(7)28-22-11-15(3)9-10-16(22)4/h9-14,18-19H,1-8H3,(H,25,26). The van der Waals surface area contributed by atoms with Crippen LogP contribution in [-0.2, 0) is 4.79 Å². The largest absolute Gasteiger partial charge is 0.496 e. The lowest BCUT2D eigenvalue weighted by Crippen LogP contribution is -2.38. The molecule has 2 aromatic rings. The van der Waals surface area contributed by atoms with E-state index in [1.54, 1.807) is 14.0 Å². The Hall–Kier alpha value is -2.49. The molecule has 1 amide bonds. The average molecular weight is 384 g/mol. The zero-order valence-corrected chi connectivity index (χ0v) is 18.3. The minimum absolute atomic E-state index is 0.124. The number of benzene rings is 2. The van der Waals surface area contributed by atoms with Crippen molar-refractivity contribution < 1.29 is 14.3 Å². The molecule has 152 valence electrons. The molecule has 0 aliphatic carbocycles. The number of ether oxygens (including phenoxy) is 2. The van der Waals surface area contributed by atoms with Crippen LogP contribution in [0.25, 0.3) is 0 Å². The molecule has 28 heavy (non-hydrogen) atoms. The predicted octanol–water partition coefficient (Wildman–Crippen LogP) is 5.39. The third kappa shape index (κ3) is 5.06. The summed E-state index contributed by atoms with van der Waals surface area (Å²) >= 11 is 0. The first kappa shape index (κ1) is 21.8. The molecule has 0 aliphatic heterocycles. The van der Waals surface area contributed by atoms with Gasteiger partial charge in [-0.05, 0) is 86.6 Å². The molecule has 2 aromatic carbocycles. The van der Waals surface area contributed by atoms with Crippen molar-refractivity contribution in [2.45, 2.75) is 66.5 Å². The van der Waals surface area contributed by atoms with Crippen molar-refractivity contribution >= 4 is 5.91 Å². The minimum Gasteiger partial charge on any atom is -0.496 e. The van der Waals surface area contributed by atoms with Crippen molar-refractivity contribution in [2.75, 3.05) is 7.11 Å². The Morgan fingerprint density at radius 3 is 2.18 bits per heavy atom. The van der Waals surface area contributed by atoms with Gasteiger partial charge >= 0.3 is 0 Å². The molecule has 0 spiro atoms. The Kier molecular flexibility index (Phi) is 7.11. The van der Waals surface area contributed by atoms with Gasteiger partial charge in [0.15, 0.2) is 6.10 Å². The number of carbonyl (C=O) groups is 1. The molecule has 0 heterocycles. The summed E-state index contributed by atoms with van der Waals surface area (Å²) in [5, 5.41) is 3.09. The summed E-state index contributed by atoms with van der Waals surface area (Å²) in [6, 6.07) is 10.1. The smallest absolute Gasteiger partial charge is 0.261 e. The number of hydrogen-bond acceptors (Lipinski definition) is 3. The van der Waals surface area contributed by atoms with E-state index in [9.17, 15) is 4.79 Å². The van der Waals surface area contributed by atoms with Gasteiger partial charge in [-0.2, -0.15) is 0 Å². The van der Waals surface area contributed by atoms with Crippen LogP contribution < -0.4 is 14.8 Å². The molecule has 0 radical (unpaired) electrons. The fraction of sp³-hybridized carbons (Fsp3) is 0.458. The zero-order valence-electron chi connectivity index (χ0n) is 18.3. The summed E-state index contributed by atoms with van der Waals surface area (Å²) in [4.78, 5) is 12.7. The highest BCUT2D eigenvalue weighted by atomic mass is 16.5. The van der Waals surface area contributed by atoms with Crippen LogP contribution in [0.2, 0.25) is 0 Å². The lowest BCUT2D eigenvalue weighted by molar-refractivity contribution is -0.127. The van der Waals surface area contributed by atoms with E-state index in [0.717, 1.165) is 39.3 Å². The molecule has 0 saturated carbocycles. The fourth-order valence-corrected chi connectivity index (χ4v) is 3.30. The zero-order chi connectivity index (χ0) is 21.0. The second-order valence-corrected chi connectivity index (χ2v) is 7.86. The van der Waals surface area contributed by atoms with Crippen LogP contribution in [0.5, 0.6) is 11.5 Å². The Labute approximate surface area is 169 Å². The maximum absolute atomic E-state index is 12.7. The van der Waals surface area contributed by atoms with Gasteiger partial charge < -0.3 is 14.8 Å². The molecule has 0 fully saturated rings. The van der Waals surface area contributed by atoms with E-state index in [1.165, 1.54) is 0 Å². The van der Waals surface area contributed by atoms with Crippen LogP contribution in [0, 0.1) is 20.8 Å². The maximum Gasteiger partial charge on any atom is 0.261 e. The highest BCUT2D eigenvalue weighted by Crippen LogP contribution is 2.32. The number of hydrogen-bond donors (Lipinski definition) is 1. The summed E-state index contributed by atoms with van der Waals surface area (Å²) in [5.41, 5.74) is 5.46. The molecule has 2 atom stereocenters. The first-order valence-electron chi connectivity index (χ1n) is 9.86. The third-order valence-corrected chi connectivity index (χ3v) is 5.08. The molecule has 0 aliphatic rings. The van der Waals surface area contributed by atoms with Gasteiger partial charge in [0.25, 0.3) is 5.91 Å². The molecular formula is C24H33NO3. The third-order valence-electron chi connectivity index (χ3n) is 5.08. The monoisotopic (exact) mass is 383 g/mol. The molecule has 0 saturated heterocycles. The molecule has 4 nitrogen and oxygen atoms in total. The Morgan fingerprint density at radius 1 is 0.893 bits per heavy atom. The van der Waals surface area contributed by atoms with Gasteiger partial charge in [-0.1, -0.05) is 26.0 Å². The molecule has 2 rings (SSSR count). The molecule has 0 aromatic heterocycles. The van der Waals surface area contributed by atoms with Gasteiger partial charge in [-0.15, -0.1) is 0 Å². The highest BCUT2D eigenvalue weighted by molar-refractivity contribution is 5.81. The van der Waals surface area contributed by atoms with E-state index >= 15 is 0 Å². The Morgan fingerprint density at radius 2 is 1.57 bits per heavy atom. The molecule has 2 unspecified atom stereocenters.